The highest BCUT2D eigenvalue weighted by atomic mass is 32.2. The summed E-state index contributed by atoms with van der Waals surface area (Å²) in [6, 6.07) is 3.72. The number of phenols is 1. The molecule has 2 unspecified atom stereocenters. The zero-order chi connectivity index (χ0) is 13.8. The van der Waals surface area contributed by atoms with Gasteiger partial charge in [0.1, 0.15) is 11.6 Å². The highest BCUT2D eigenvalue weighted by molar-refractivity contribution is 7.99. The van der Waals surface area contributed by atoms with Crippen molar-refractivity contribution in [1.82, 2.24) is 5.32 Å². The number of hydrogen-bond donors (Lipinski definition) is 2. The van der Waals surface area contributed by atoms with Crippen molar-refractivity contribution in [2.24, 2.45) is 0 Å². The van der Waals surface area contributed by atoms with Gasteiger partial charge in [-0.2, -0.15) is 11.8 Å². The third kappa shape index (κ3) is 3.62. The zero-order valence-corrected chi connectivity index (χ0v) is 11.7. The molecule has 2 atom stereocenters. The molecule has 0 aliphatic heterocycles. The van der Waals surface area contributed by atoms with Crippen molar-refractivity contribution in [2.45, 2.75) is 37.5 Å². The molecule has 2 rings (SSSR count). The average molecular weight is 283 g/mol. The second-order valence-electron chi connectivity index (χ2n) is 4.72. The van der Waals surface area contributed by atoms with Crippen LogP contribution in [0.15, 0.2) is 18.2 Å². The van der Waals surface area contributed by atoms with E-state index < -0.39 is 11.7 Å². The fourth-order valence-corrected chi connectivity index (χ4v) is 3.55. The second-order valence-corrected chi connectivity index (χ2v) is 6.30. The van der Waals surface area contributed by atoms with Crippen molar-refractivity contribution >= 4 is 17.7 Å². The van der Waals surface area contributed by atoms with E-state index in [0.29, 0.717) is 5.25 Å². The molecular weight excluding hydrogens is 265 g/mol. The minimum Gasteiger partial charge on any atom is -0.508 e. The summed E-state index contributed by atoms with van der Waals surface area (Å²) in [4.78, 5) is 12.0. The number of amides is 1. The predicted molar refractivity (Wildman–Crippen MR) is 75.1 cm³/mol. The Kier molecular flexibility index (Phi) is 4.69. The molecule has 1 saturated carbocycles. The van der Waals surface area contributed by atoms with Crippen LogP contribution in [-0.2, 0) is 0 Å². The number of aromatic hydroxyl groups is 1. The van der Waals surface area contributed by atoms with E-state index in [0.717, 1.165) is 31.1 Å². The molecule has 1 aliphatic carbocycles. The van der Waals surface area contributed by atoms with E-state index in [1.165, 1.54) is 12.1 Å². The average Bonchev–Trinajstić information content (AvgIpc) is 2.76. The summed E-state index contributed by atoms with van der Waals surface area (Å²) in [5.74, 6) is -0.174. The highest BCUT2D eigenvalue weighted by Crippen LogP contribution is 2.30. The maximum absolute atomic E-state index is 13.5. The van der Waals surface area contributed by atoms with Crippen LogP contribution < -0.4 is 5.32 Å². The number of rotatable bonds is 4. The Labute approximate surface area is 116 Å². The quantitative estimate of drug-likeness (QED) is 0.893. The van der Waals surface area contributed by atoms with E-state index in [1.54, 1.807) is 0 Å². The van der Waals surface area contributed by atoms with Crippen LogP contribution in [0.2, 0.25) is 0 Å². The SMILES string of the molecule is CCSC1CCC(NC(=O)c2ccc(O)cc2F)C1. The summed E-state index contributed by atoms with van der Waals surface area (Å²) in [5, 5.41) is 12.6. The van der Waals surface area contributed by atoms with Crippen LogP contribution in [-0.4, -0.2) is 28.1 Å². The number of carbonyl (C=O) groups is 1. The van der Waals surface area contributed by atoms with Gasteiger partial charge in [0.15, 0.2) is 0 Å². The van der Waals surface area contributed by atoms with E-state index in [4.69, 9.17) is 5.11 Å². The van der Waals surface area contributed by atoms with Crippen molar-refractivity contribution in [3.8, 4) is 5.75 Å². The molecule has 19 heavy (non-hydrogen) atoms. The number of nitrogens with one attached hydrogen (secondary N) is 1. The van der Waals surface area contributed by atoms with Crippen LogP contribution >= 0.6 is 11.8 Å². The van der Waals surface area contributed by atoms with Crippen molar-refractivity contribution < 1.29 is 14.3 Å². The summed E-state index contributed by atoms with van der Waals surface area (Å²) in [7, 11) is 0. The number of phenolic OH excluding ortho intramolecular Hbond substituents is 1. The van der Waals surface area contributed by atoms with Gasteiger partial charge in [-0.1, -0.05) is 6.92 Å². The summed E-state index contributed by atoms with van der Waals surface area (Å²) < 4.78 is 13.5. The molecular formula is C14H18FNO2S. The zero-order valence-electron chi connectivity index (χ0n) is 10.9. The first-order valence-electron chi connectivity index (χ1n) is 6.51. The second kappa shape index (κ2) is 6.28. The van der Waals surface area contributed by atoms with E-state index in [1.807, 2.05) is 11.8 Å². The van der Waals surface area contributed by atoms with Gasteiger partial charge in [-0.05, 0) is 37.1 Å². The van der Waals surface area contributed by atoms with E-state index >= 15 is 0 Å². The minimum absolute atomic E-state index is 0.00982. The smallest absolute Gasteiger partial charge is 0.254 e. The molecule has 1 aromatic rings. The Morgan fingerprint density at radius 2 is 2.32 bits per heavy atom. The molecule has 104 valence electrons. The molecule has 1 amide bonds. The van der Waals surface area contributed by atoms with Crippen LogP contribution in [0.25, 0.3) is 0 Å². The lowest BCUT2D eigenvalue weighted by atomic mass is 10.1. The van der Waals surface area contributed by atoms with Crippen molar-refractivity contribution in [3.63, 3.8) is 0 Å². The fourth-order valence-electron chi connectivity index (χ4n) is 2.41. The number of thioether (sulfide) groups is 1. The number of halogens is 1. The van der Waals surface area contributed by atoms with Gasteiger partial charge in [-0.15, -0.1) is 0 Å². The molecule has 0 spiro atoms. The fraction of sp³-hybridized carbons (Fsp3) is 0.500. The summed E-state index contributed by atoms with van der Waals surface area (Å²) >= 11 is 1.91. The molecule has 0 aromatic heterocycles. The third-order valence-electron chi connectivity index (χ3n) is 3.32. The van der Waals surface area contributed by atoms with Gasteiger partial charge in [0.2, 0.25) is 0 Å². The predicted octanol–water partition coefficient (Wildman–Crippen LogP) is 2.94. The van der Waals surface area contributed by atoms with Crippen molar-refractivity contribution in [3.05, 3.63) is 29.6 Å². The monoisotopic (exact) mass is 283 g/mol. The Hall–Kier alpha value is -1.23. The number of benzene rings is 1. The summed E-state index contributed by atoms with van der Waals surface area (Å²) in [6.45, 7) is 2.13. The summed E-state index contributed by atoms with van der Waals surface area (Å²) in [6.07, 6.45) is 2.99. The first-order valence-corrected chi connectivity index (χ1v) is 7.56. The Morgan fingerprint density at radius 3 is 3.00 bits per heavy atom. The van der Waals surface area contributed by atoms with E-state index in [-0.39, 0.29) is 17.4 Å². The van der Waals surface area contributed by atoms with Gasteiger partial charge in [-0.3, -0.25) is 4.79 Å². The molecule has 1 aliphatic rings. The van der Waals surface area contributed by atoms with Gasteiger partial charge in [0.05, 0.1) is 5.56 Å². The molecule has 5 heteroatoms. The topological polar surface area (TPSA) is 49.3 Å². The molecule has 0 bridgehead atoms. The van der Waals surface area contributed by atoms with Gasteiger partial charge >= 0.3 is 0 Å². The van der Waals surface area contributed by atoms with Gasteiger partial charge in [-0.25, -0.2) is 4.39 Å². The lowest BCUT2D eigenvalue weighted by Crippen LogP contribution is -2.33. The lowest BCUT2D eigenvalue weighted by Gasteiger charge is -2.13. The molecule has 1 aromatic carbocycles. The molecule has 0 radical (unpaired) electrons. The number of hydrogen-bond acceptors (Lipinski definition) is 3. The first-order chi connectivity index (χ1) is 9.10. The summed E-state index contributed by atoms with van der Waals surface area (Å²) in [5.41, 5.74) is -0.00982. The van der Waals surface area contributed by atoms with Crippen LogP contribution in [0.3, 0.4) is 0 Å². The van der Waals surface area contributed by atoms with Crippen molar-refractivity contribution in [1.29, 1.82) is 0 Å². The Balaban J connectivity index is 1.94. The molecule has 0 heterocycles. The maximum Gasteiger partial charge on any atom is 0.254 e. The molecule has 3 nitrogen and oxygen atoms in total. The Morgan fingerprint density at radius 1 is 1.53 bits per heavy atom. The van der Waals surface area contributed by atoms with E-state index in [2.05, 4.69) is 12.2 Å². The Bertz CT molecular complexity index is 467. The number of carbonyl (C=O) groups excluding carboxylic acids is 1. The van der Waals surface area contributed by atoms with Crippen LogP contribution in [0.4, 0.5) is 4.39 Å². The largest absolute Gasteiger partial charge is 0.508 e. The van der Waals surface area contributed by atoms with Crippen molar-refractivity contribution in [2.75, 3.05) is 5.75 Å². The maximum atomic E-state index is 13.5. The van der Waals surface area contributed by atoms with Gasteiger partial charge in [0, 0.05) is 17.4 Å². The first kappa shape index (κ1) is 14.2. The lowest BCUT2D eigenvalue weighted by molar-refractivity contribution is 0.0934. The normalized spacial score (nSPS) is 22.4. The van der Waals surface area contributed by atoms with Crippen LogP contribution in [0.1, 0.15) is 36.5 Å². The van der Waals surface area contributed by atoms with Crippen LogP contribution in [0.5, 0.6) is 5.75 Å². The highest BCUT2D eigenvalue weighted by Gasteiger charge is 2.26. The molecule has 2 N–H and O–H groups in total. The molecule has 0 saturated heterocycles. The van der Waals surface area contributed by atoms with Crippen LogP contribution in [0, 0.1) is 5.82 Å². The van der Waals surface area contributed by atoms with E-state index in [9.17, 15) is 9.18 Å². The molecule has 1 fully saturated rings. The van der Waals surface area contributed by atoms with Gasteiger partial charge in [0.25, 0.3) is 5.91 Å². The van der Waals surface area contributed by atoms with Gasteiger partial charge < -0.3 is 10.4 Å². The minimum atomic E-state index is -0.685. The standard InChI is InChI=1S/C14H18FNO2S/c1-2-19-11-5-3-9(7-11)16-14(18)12-6-4-10(17)8-13(12)15/h4,6,8-9,11,17H,2-3,5,7H2,1H3,(H,16,18). The third-order valence-corrected chi connectivity index (χ3v) is 4.55.